The first-order valence-corrected chi connectivity index (χ1v) is 6.08. The van der Waals surface area contributed by atoms with Gasteiger partial charge in [0.05, 0.1) is 11.3 Å². The van der Waals surface area contributed by atoms with Gasteiger partial charge in [-0.1, -0.05) is 12.1 Å². The SMILES string of the molecule is CC(C)(C)ON(C=O)c1cccc(CCCl)c1. The molecule has 0 unspecified atom stereocenters. The van der Waals surface area contributed by atoms with Gasteiger partial charge in [-0.3, -0.25) is 9.63 Å². The summed E-state index contributed by atoms with van der Waals surface area (Å²) in [6, 6.07) is 7.60. The van der Waals surface area contributed by atoms with Crippen molar-refractivity contribution in [2.24, 2.45) is 0 Å². The van der Waals surface area contributed by atoms with Crippen LogP contribution in [-0.2, 0) is 16.1 Å². The van der Waals surface area contributed by atoms with Gasteiger partial charge in [0.1, 0.15) is 0 Å². The first-order chi connectivity index (χ1) is 7.96. The molecule has 0 spiro atoms. The van der Waals surface area contributed by atoms with E-state index < -0.39 is 5.60 Å². The molecule has 0 saturated heterocycles. The Morgan fingerprint density at radius 1 is 1.41 bits per heavy atom. The lowest BCUT2D eigenvalue weighted by molar-refractivity contribution is -0.120. The van der Waals surface area contributed by atoms with E-state index in [1.807, 2.05) is 45.0 Å². The van der Waals surface area contributed by atoms with Gasteiger partial charge in [0.15, 0.2) is 0 Å². The van der Waals surface area contributed by atoms with Crippen LogP contribution < -0.4 is 5.06 Å². The molecule has 0 aromatic heterocycles. The van der Waals surface area contributed by atoms with Gasteiger partial charge in [0, 0.05) is 5.88 Å². The second-order valence-corrected chi connectivity index (χ2v) is 5.12. The van der Waals surface area contributed by atoms with Crippen LogP contribution >= 0.6 is 11.6 Å². The monoisotopic (exact) mass is 255 g/mol. The zero-order valence-electron chi connectivity index (χ0n) is 10.4. The minimum Gasteiger partial charge on any atom is -0.276 e. The maximum atomic E-state index is 11.0. The van der Waals surface area contributed by atoms with Crippen molar-refractivity contribution in [2.75, 3.05) is 10.9 Å². The Balaban J connectivity index is 2.88. The van der Waals surface area contributed by atoms with E-state index >= 15 is 0 Å². The predicted octanol–water partition coefficient (Wildman–Crippen LogP) is 3.16. The molecule has 1 aromatic carbocycles. The van der Waals surface area contributed by atoms with Crippen molar-refractivity contribution in [1.29, 1.82) is 0 Å². The summed E-state index contributed by atoms with van der Waals surface area (Å²) in [5.74, 6) is 0.560. The first-order valence-electron chi connectivity index (χ1n) is 5.55. The number of benzene rings is 1. The molecule has 0 aliphatic carbocycles. The Bertz CT molecular complexity index is 374. The minimum atomic E-state index is -0.413. The van der Waals surface area contributed by atoms with Crippen molar-refractivity contribution in [3.8, 4) is 0 Å². The molecule has 94 valence electrons. The van der Waals surface area contributed by atoms with Gasteiger partial charge in [0.2, 0.25) is 6.41 Å². The molecule has 1 amide bonds. The lowest BCUT2D eigenvalue weighted by Crippen LogP contribution is -2.33. The average molecular weight is 256 g/mol. The van der Waals surface area contributed by atoms with Gasteiger partial charge >= 0.3 is 0 Å². The van der Waals surface area contributed by atoms with Crippen LogP contribution in [0, 0.1) is 0 Å². The van der Waals surface area contributed by atoms with Gasteiger partial charge < -0.3 is 0 Å². The van der Waals surface area contributed by atoms with Crippen molar-refractivity contribution in [1.82, 2.24) is 0 Å². The van der Waals surface area contributed by atoms with E-state index in [0.29, 0.717) is 12.3 Å². The predicted molar refractivity (Wildman–Crippen MR) is 70.2 cm³/mol. The number of hydrogen-bond acceptors (Lipinski definition) is 2. The zero-order chi connectivity index (χ0) is 12.9. The fraction of sp³-hybridized carbons (Fsp3) is 0.462. The Labute approximate surface area is 107 Å². The van der Waals surface area contributed by atoms with Crippen LogP contribution in [0.15, 0.2) is 24.3 Å². The molecule has 4 heteroatoms. The number of anilines is 1. The van der Waals surface area contributed by atoms with Crippen LogP contribution in [0.4, 0.5) is 5.69 Å². The molecular weight excluding hydrogens is 238 g/mol. The van der Waals surface area contributed by atoms with Gasteiger partial charge in [-0.05, 0) is 44.9 Å². The molecule has 0 heterocycles. The molecule has 0 fully saturated rings. The zero-order valence-corrected chi connectivity index (χ0v) is 11.2. The molecule has 0 N–H and O–H groups in total. The molecule has 3 nitrogen and oxygen atoms in total. The number of aryl methyl sites for hydroxylation is 1. The van der Waals surface area contributed by atoms with Crippen LogP contribution in [0.25, 0.3) is 0 Å². The Hall–Kier alpha value is -1.06. The minimum absolute atomic E-state index is 0.413. The molecule has 0 atom stereocenters. The maximum Gasteiger partial charge on any atom is 0.238 e. The number of amides is 1. The highest BCUT2D eigenvalue weighted by atomic mass is 35.5. The van der Waals surface area contributed by atoms with Crippen LogP contribution in [0.2, 0.25) is 0 Å². The highest BCUT2D eigenvalue weighted by Gasteiger charge is 2.17. The van der Waals surface area contributed by atoms with Gasteiger partial charge in [0.25, 0.3) is 0 Å². The summed E-state index contributed by atoms with van der Waals surface area (Å²) in [5, 5.41) is 1.25. The summed E-state index contributed by atoms with van der Waals surface area (Å²) in [4.78, 5) is 16.6. The summed E-state index contributed by atoms with van der Waals surface area (Å²) >= 11 is 5.69. The summed E-state index contributed by atoms with van der Waals surface area (Å²) in [6.45, 7) is 5.68. The summed E-state index contributed by atoms with van der Waals surface area (Å²) < 4.78 is 0. The largest absolute Gasteiger partial charge is 0.276 e. The molecule has 0 aliphatic heterocycles. The number of nitrogens with zero attached hydrogens (tertiary/aromatic N) is 1. The maximum absolute atomic E-state index is 11.0. The van der Waals surface area contributed by atoms with Crippen molar-refractivity contribution in [3.05, 3.63) is 29.8 Å². The van der Waals surface area contributed by atoms with Gasteiger partial charge in [-0.25, -0.2) is 0 Å². The van der Waals surface area contributed by atoms with E-state index in [1.54, 1.807) is 0 Å². The topological polar surface area (TPSA) is 29.5 Å². The molecule has 0 radical (unpaired) electrons. The van der Waals surface area contributed by atoms with E-state index in [4.69, 9.17) is 16.4 Å². The molecule has 0 bridgehead atoms. The number of hydrogen-bond donors (Lipinski definition) is 0. The standard InChI is InChI=1S/C13H18ClNO2/c1-13(2,3)17-15(10-16)12-6-4-5-11(9-12)7-8-14/h4-6,9-10H,7-8H2,1-3H3. The van der Waals surface area contributed by atoms with Crippen molar-refractivity contribution < 1.29 is 9.63 Å². The quantitative estimate of drug-likeness (QED) is 0.460. The van der Waals surface area contributed by atoms with Gasteiger partial charge in [-0.2, -0.15) is 5.06 Å². The van der Waals surface area contributed by atoms with Crippen LogP contribution in [0.1, 0.15) is 26.3 Å². The number of halogens is 1. The lowest BCUT2D eigenvalue weighted by Gasteiger charge is -2.26. The smallest absolute Gasteiger partial charge is 0.238 e. The molecule has 0 aliphatic rings. The third-order valence-corrected chi connectivity index (χ3v) is 2.21. The molecule has 0 saturated carbocycles. The van der Waals surface area contributed by atoms with Crippen LogP contribution in [0.5, 0.6) is 0 Å². The molecule has 17 heavy (non-hydrogen) atoms. The van der Waals surface area contributed by atoms with Crippen molar-refractivity contribution >= 4 is 23.7 Å². The Morgan fingerprint density at radius 3 is 2.65 bits per heavy atom. The Morgan fingerprint density at radius 2 is 2.12 bits per heavy atom. The van der Waals surface area contributed by atoms with E-state index in [0.717, 1.165) is 17.7 Å². The first kappa shape index (κ1) is 14.0. The fourth-order valence-corrected chi connectivity index (χ4v) is 1.61. The lowest BCUT2D eigenvalue weighted by atomic mass is 10.1. The molecule has 1 aromatic rings. The number of hydroxylamine groups is 1. The molecule has 1 rings (SSSR count). The summed E-state index contributed by atoms with van der Waals surface area (Å²) in [5.41, 5.74) is 1.39. The van der Waals surface area contributed by atoms with E-state index in [2.05, 4.69) is 0 Å². The second-order valence-electron chi connectivity index (χ2n) is 4.74. The third-order valence-electron chi connectivity index (χ3n) is 2.02. The normalized spacial score (nSPS) is 11.3. The molecular formula is C13H18ClNO2. The average Bonchev–Trinajstić information content (AvgIpc) is 2.25. The van der Waals surface area contributed by atoms with Gasteiger partial charge in [-0.15, -0.1) is 11.6 Å². The highest BCUT2D eigenvalue weighted by Crippen LogP contribution is 2.20. The van der Waals surface area contributed by atoms with E-state index in [1.165, 1.54) is 5.06 Å². The van der Waals surface area contributed by atoms with Crippen molar-refractivity contribution in [3.63, 3.8) is 0 Å². The highest BCUT2D eigenvalue weighted by molar-refractivity contribution is 6.18. The fourth-order valence-electron chi connectivity index (χ4n) is 1.39. The van der Waals surface area contributed by atoms with Crippen LogP contribution in [-0.4, -0.2) is 17.9 Å². The van der Waals surface area contributed by atoms with E-state index in [9.17, 15) is 4.79 Å². The summed E-state index contributed by atoms with van der Waals surface area (Å²) in [6.07, 6.45) is 1.45. The Kier molecular flexibility index (Phi) is 4.97. The second kappa shape index (κ2) is 6.03. The number of carbonyl (C=O) groups excluding carboxylic acids is 1. The van der Waals surface area contributed by atoms with Crippen LogP contribution in [0.3, 0.4) is 0 Å². The van der Waals surface area contributed by atoms with Crippen molar-refractivity contribution in [2.45, 2.75) is 32.8 Å². The van der Waals surface area contributed by atoms with E-state index in [-0.39, 0.29) is 0 Å². The number of alkyl halides is 1. The third kappa shape index (κ3) is 4.75. The number of carbonyl (C=O) groups is 1. The number of rotatable bonds is 5. The summed E-state index contributed by atoms with van der Waals surface area (Å²) in [7, 11) is 0.